The smallest absolute Gasteiger partial charge is 0.326 e. The van der Waals surface area contributed by atoms with E-state index < -0.39 is 24.1 Å². The second-order valence-electron chi connectivity index (χ2n) is 8.02. The molecular weight excluding hydrogens is 414 g/mol. The van der Waals surface area contributed by atoms with E-state index in [1.165, 1.54) is 0 Å². The number of aromatic nitrogens is 3. The van der Waals surface area contributed by atoms with Crippen molar-refractivity contribution in [3.63, 3.8) is 0 Å². The highest BCUT2D eigenvalue weighted by molar-refractivity contribution is 6.08. The summed E-state index contributed by atoms with van der Waals surface area (Å²) in [6.07, 6.45) is 3.30. The molecule has 2 heterocycles. The summed E-state index contributed by atoms with van der Waals surface area (Å²) in [4.78, 5) is 50.8. The van der Waals surface area contributed by atoms with Crippen LogP contribution in [-0.4, -0.2) is 49.8 Å². The van der Waals surface area contributed by atoms with Crippen molar-refractivity contribution in [2.45, 2.75) is 44.8 Å². The van der Waals surface area contributed by atoms with Gasteiger partial charge in [0.1, 0.15) is 12.1 Å². The minimum absolute atomic E-state index is 0.0115. The number of benzene rings is 1. The van der Waals surface area contributed by atoms with Crippen molar-refractivity contribution in [1.29, 1.82) is 0 Å². The van der Waals surface area contributed by atoms with Gasteiger partial charge in [-0.3, -0.25) is 14.5 Å². The Balaban J connectivity index is 1.37. The molecule has 1 aliphatic carbocycles. The Morgan fingerprint density at radius 2 is 2.03 bits per heavy atom. The largest absolute Gasteiger partial charge is 0.456 e. The summed E-state index contributed by atoms with van der Waals surface area (Å²) in [7, 11) is 0. The highest BCUT2D eigenvalue weighted by Gasteiger charge is 2.55. The Hall–Kier alpha value is -3.76. The number of nitrogens with one attached hydrogen (secondary N) is 2. The van der Waals surface area contributed by atoms with Crippen molar-refractivity contribution in [3.8, 4) is 0 Å². The van der Waals surface area contributed by atoms with Crippen LogP contribution in [0.2, 0.25) is 0 Å². The van der Waals surface area contributed by atoms with E-state index in [4.69, 9.17) is 10.5 Å². The third kappa shape index (κ3) is 4.32. The number of nitrogens with zero attached hydrogens (tertiary/aromatic N) is 4. The monoisotopic (exact) mass is 439 g/mol. The average molecular weight is 439 g/mol. The van der Waals surface area contributed by atoms with Crippen molar-refractivity contribution in [1.82, 2.24) is 25.2 Å². The number of rotatable bonds is 6. The molecule has 2 unspecified atom stereocenters. The van der Waals surface area contributed by atoms with Crippen molar-refractivity contribution < 1.29 is 19.1 Å². The fourth-order valence-electron chi connectivity index (χ4n) is 4.17. The Kier molecular flexibility index (Phi) is 5.89. The van der Waals surface area contributed by atoms with E-state index in [2.05, 4.69) is 25.6 Å². The molecule has 2 aliphatic rings. The molecule has 2 atom stereocenters. The predicted molar refractivity (Wildman–Crippen MR) is 114 cm³/mol. The van der Waals surface area contributed by atoms with Crippen LogP contribution in [0.3, 0.4) is 0 Å². The molecule has 32 heavy (non-hydrogen) atoms. The lowest BCUT2D eigenvalue weighted by Gasteiger charge is -2.36. The van der Waals surface area contributed by atoms with Crippen LogP contribution < -0.4 is 16.4 Å². The molecule has 0 radical (unpaired) electrons. The van der Waals surface area contributed by atoms with E-state index in [0.717, 1.165) is 29.8 Å². The maximum absolute atomic E-state index is 13.0. The van der Waals surface area contributed by atoms with Gasteiger partial charge in [-0.15, -0.1) is 0 Å². The van der Waals surface area contributed by atoms with Crippen LogP contribution in [-0.2, 0) is 20.9 Å². The van der Waals surface area contributed by atoms with E-state index in [9.17, 15) is 14.4 Å². The molecule has 1 aromatic heterocycles. The summed E-state index contributed by atoms with van der Waals surface area (Å²) in [5.41, 5.74) is 5.57. The molecule has 3 amide bonds. The van der Waals surface area contributed by atoms with Crippen molar-refractivity contribution in [3.05, 3.63) is 36.2 Å². The zero-order chi connectivity index (χ0) is 22.7. The predicted octanol–water partition coefficient (Wildman–Crippen LogP) is 1.74. The van der Waals surface area contributed by atoms with Crippen LogP contribution in [0.5, 0.6) is 0 Å². The van der Waals surface area contributed by atoms with Gasteiger partial charge in [0.25, 0.3) is 5.91 Å². The average Bonchev–Trinajstić information content (AvgIpc) is 3.00. The second kappa shape index (κ2) is 8.77. The highest BCUT2D eigenvalue weighted by Crippen LogP contribution is 2.38. The lowest BCUT2D eigenvalue weighted by atomic mass is 9.73. The SMILES string of the molecule is CC1CCCCC12NC(=O)N(CC(=O)OCc1nc(N)nc(Nc3ccccc3)n1)C2=O. The Morgan fingerprint density at radius 1 is 1.25 bits per heavy atom. The summed E-state index contributed by atoms with van der Waals surface area (Å²) in [6.45, 7) is 1.19. The van der Waals surface area contributed by atoms with Gasteiger partial charge >= 0.3 is 12.0 Å². The van der Waals surface area contributed by atoms with Gasteiger partial charge in [0.15, 0.2) is 12.4 Å². The van der Waals surface area contributed by atoms with Crippen LogP contribution in [0, 0.1) is 5.92 Å². The number of nitrogen functional groups attached to an aromatic ring is 1. The van der Waals surface area contributed by atoms with Crippen LogP contribution in [0.1, 0.15) is 38.4 Å². The first-order valence-corrected chi connectivity index (χ1v) is 10.5. The molecule has 4 N–H and O–H groups in total. The summed E-state index contributed by atoms with van der Waals surface area (Å²) >= 11 is 0. The zero-order valence-corrected chi connectivity index (χ0v) is 17.7. The fourth-order valence-corrected chi connectivity index (χ4v) is 4.17. The standard InChI is InChI=1S/C21H25N7O4/c1-13-7-5-6-10-21(13)17(30)28(20(31)27-21)11-16(29)32-12-15-24-18(22)26-19(25-15)23-14-8-3-2-4-9-14/h2-4,8-9,13H,5-7,10-12H2,1H3,(H,27,31)(H3,22,23,24,25,26). The summed E-state index contributed by atoms with van der Waals surface area (Å²) in [5, 5.41) is 5.80. The van der Waals surface area contributed by atoms with E-state index in [1.54, 1.807) is 0 Å². The Morgan fingerprint density at radius 3 is 2.78 bits per heavy atom. The quantitative estimate of drug-likeness (QED) is 0.451. The molecule has 1 aliphatic heterocycles. The molecule has 11 heteroatoms. The Bertz CT molecular complexity index is 1030. The summed E-state index contributed by atoms with van der Waals surface area (Å²) < 4.78 is 5.20. The molecule has 2 aromatic rings. The first-order valence-electron chi connectivity index (χ1n) is 10.5. The maximum atomic E-state index is 13.0. The summed E-state index contributed by atoms with van der Waals surface area (Å²) in [6, 6.07) is 8.67. The van der Waals surface area contributed by atoms with Gasteiger partial charge in [-0.1, -0.05) is 38.0 Å². The number of urea groups is 1. The summed E-state index contributed by atoms with van der Waals surface area (Å²) in [5.74, 6) is -0.795. The van der Waals surface area contributed by atoms with Gasteiger partial charge in [-0.2, -0.15) is 15.0 Å². The van der Waals surface area contributed by atoms with E-state index in [-0.39, 0.29) is 36.2 Å². The number of amides is 3. The van der Waals surface area contributed by atoms with Gasteiger partial charge in [0.2, 0.25) is 11.9 Å². The molecule has 1 spiro atoms. The lowest BCUT2D eigenvalue weighted by molar-refractivity contribution is -0.149. The fraction of sp³-hybridized carbons (Fsp3) is 0.429. The van der Waals surface area contributed by atoms with Gasteiger partial charge in [-0.25, -0.2) is 4.79 Å². The van der Waals surface area contributed by atoms with Crippen LogP contribution in [0.25, 0.3) is 0 Å². The third-order valence-corrected chi connectivity index (χ3v) is 5.88. The number of hydrogen-bond donors (Lipinski definition) is 3. The number of imide groups is 1. The maximum Gasteiger partial charge on any atom is 0.326 e. The van der Waals surface area contributed by atoms with Gasteiger partial charge < -0.3 is 21.1 Å². The highest BCUT2D eigenvalue weighted by atomic mass is 16.5. The van der Waals surface area contributed by atoms with Gasteiger partial charge in [0.05, 0.1) is 0 Å². The minimum Gasteiger partial charge on any atom is -0.456 e. The molecular formula is C21H25N7O4. The molecule has 2 fully saturated rings. The molecule has 4 rings (SSSR count). The minimum atomic E-state index is -0.920. The number of ether oxygens (including phenoxy) is 1. The van der Waals surface area contributed by atoms with Gasteiger partial charge in [0, 0.05) is 5.69 Å². The number of nitrogens with two attached hydrogens (primary N) is 1. The molecule has 1 saturated heterocycles. The van der Waals surface area contributed by atoms with Crippen molar-refractivity contribution >= 4 is 35.5 Å². The topological polar surface area (TPSA) is 152 Å². The number of carbonyl (C=O) groups is 3. The first kappa shape index (κ1) is 21.5. The normalized spacial score (nSPS) is 22.7. The molecule has 1 saturated carbocycles. The van der Waals surface area contributed by atoms with Crippen molar-refractivity contribution in [2.75, 3.05) is 17.6 Å². The van der Waals surface area contributed by atoms with E-state index >= 15 is 0 Å². The molecule has 0 bridgehead atoms. The van der Waals surface area contributed by atoms with E-state index in [1.807, 2.05) is 37.3 Å². The number of carbonyl (C=O) groups excluding carboxylic acids is 3. The molecule has 168 valence electrons. The van der Waals surface area contributed by atoms with Crippen molar-refractivity contribution in [2.24, 2.45) is 5.92 Å². The van der Waals surface area contributed by atoms with E-state index in [0.29, 0.717) is 6.42 Å². The van der Waals surface area contributed by atoms with Crippen LogP contribution in [0.4, 0.5) is 22.4 Å². The van der Waals surface area contributed by atoms with Gasteiger partial charge in [-0.05, 0) is 30.9 Å². The number of hydrogen-bond acceptors (Lipinski definition) is 9. The molecule has 11 nitrogen and oxygen atoms in total. The number of anilines is 3. The Labute approximate surface area is 184 Å². The molecule has 1 aromatic carbocycles. The third-order valence-electron chi connectivity index (χ3n) is 5.88. The van der Waals surface area contributed by atoms with Crippen LogP contribution >= 0.6 is 0 Å². The zero-order valence-electron chi connectivity index (χ0n) is 17.7. The number of para-hydroxylation sites is 1. The lowest BCUT2D eigenvalue weighted by Crippen LogP contribution is -2.54. The number of esters is 1. The second-order valence-corrected chi connectivity index (χ2v) is 8.02. The van der Waals surface area contributed by atoms with Crippen LogP contribution in [0.15, 0.2) is 30.3 Å². The first-order chi connectivity index (χ1) is 15.4.